The number of hydrogen-bond acceptors (Lipinski definition) is 3. The number of fused-ring (bicyclic) bond motifs is 1. The summed E-state index contributed by atoms with van der Waals surface area (Å²) in [4.78, 5) is 2.42. The van der Waals surface area contributed by atoms with Crippen LogP contribution in [0.4, 0.5) is 0 Å². The van der Waals surface area contributed by atoms with Gasteiger partial charge in [0.15, 0.2) is 0 Å². The fraction of sp³-hybridized carbons (Fsp3) is 0.364. The largest absolute Gasteiger partial charge is 0.459 e. The first-order chi connectivity index (χ1) is 12.2. The normalized spacial score (nSPS) is 11.7. The van der Waals surface area contributed by atoms with Crippen molar-refractivity contribution in [3.63, 3.8) is 0 Å². The zero-order chi connectivity index (χ0) is 17.6. The van der Waals surface area contributed by atoms with Gasteiger partial charge in [-0.05, 0) is 18.2 Å². The molecule has 1 N–H and O–H groups in total. The minimum absolute atomic E-state index is 0.452. The third kappa shape index (κ3) is 4.50. The van der Waals surface area contributed by atoms with Gasteiger partial charge in [-0.15, -0.1) is 0 Å². The first-order valence-electron chi connectivity index (χ1n) is 9.16. The van der Waals surface area contributed by atoms with Crippen LogP contribution in [0.3, 0.4) is 0 Å². The van der Waals surface area contributed by atoms with Crippen LogP contribution in [0.15, 0.2) is 59.0 Å². The Morgan fingerprint density at radius 2 is 1.68 bits per heavy atom. The predicted molar refractivity (Wildman–Crippen MR) is 104 cm³/mol. The van der Waals surface area contributed by atoms with E-state index in [0.717, 1.165) is 37.5 Å². The molecule has 0 unspecified atom stereocenters. The summed E-state index contributed by atoms with van der Waals surface area (Å²) < 4.78 is 6.22. The van der Waals surface area contributed by atoms with Gasteiger partial charge in [-0.1, -0.05) is 69.3 Å². The molecule has 1 aromatic heterocycles. The average molecular weight is 336 g/mol. The number of nitrogens with one attached hydrogen (secondary N) is 1. The Balaban J connectivity index is 1.84. The zero-order valence-electron chi connectivity index (χ0n) is 15.5. The third-order valence-corrected chi connectivity index (χ3v) is 4.53. The van der Waals surface area contributed by atoms with Crippen molar-refractivity contribution in [1.82, 2.24) is 10.2 Å². The lowest BCUT2D eigenvalue weighted by Crippen LogP contribution is -2.25. The van der Waals surface area contributed by atoms with Crippen molar-refractivity contribution >= 4 is 11.0 Å². The zero-order valence-corrected chi connectivity index (χ0v) is 15.5. The highest BCUT2D eigenvalue weighted by molar-refractivity contribution is 5.82. The topological polar surface area (TPSA) is 28.4 Å². The standard InChI is InChI=1S/C22H28N2O/c1-4-24(15-18-10-6-5-7-11-18)16-22-20(14-23-17(2)3)19-12-8-9-13-21(19)25-22/h5-13,17,23H,4,14-16H2,1-3H3. The highest BCUT2D eigenvalue weighted by atomic mass is 16.3. The number of para-hydroxylation sites is 1. The summed E-state index contributed by atoms with van der Waals surface area (Å²) in [5, 5.41) is 4.77. The predicted octanol–water partition coefficient (Wildman–Crippen LogP) is 4.95. The van der Waals surface area contributed by atoms with Crippen molar-refractivity contribution in [2.45, 2.75) is 46.4 Å². The van der Waals surface area contributed by atoms with E-state index in [2.05, 4.69) is 79.5 Å². The molecular formula is C22H28N2O. The van der Waals surface area contributed by atoms with Crippen LogP contribution >= 0.6 is 0 Å². The lowest BCUT2D eigenvalue weighted by molar-refractivity contribution is 0.249. The second kappa shape index (κ2) is 8.32. The summed E-state index contributed by atoms with van der Waals surface area (Å²) in [7, 11) is 0. The monoisotopic (exact) mass is 336 g/mol. The molecule has 0 radical (unpaired) electrons. The Morgan fingerprint density at radius 3 is 2.40 bits per heavy atom. The molecule has 132 valence electrons. The van der Waals surface area contributed by atoms with Crippen molar-refractivity contribution in [3.8, 4) is 0 Å². The Bertz CT molecular complexity index is 792. The molecule has 3 heteroatoms. The van der Waals surface area contributed by atoms with Gasteiger partial charge in [0, 0.05) is 30.1 Å². The van der Waals surface area contributed by atoms with Crippen LogP contribution in [0.25, 0.3) is 11.0 Å². The van der Waals surface area contributed by atoms with Crippen LogP contribution in [-0.4, -0.2) is 17.5 Å². The van der Waals surface area contributed by atoms with Gasteiger partial charge in [0.25, 0.3) is 0 Å². The van der Waals surface area contributed by atoms with Crippen LogP contribution in [-0.2, 0) is 19.6 Å². The Labute approximate surface area is 150 Å². The Kier molecular flexibility index (Phi) is 5.90. The van der Waals surface area contributed by atoms with E-state index >= 15 is 0 Å². The second-order valence-electron chi connectivity index (χ2n) is 6.82. The molecule has 0 saturated carbocycles. The van der Waals surface area contributed by atoms with Crippen molar-refractivity contribution in [2.75, 3.05) is 6.54 Å². The Hall–Kier alpha value is -2.10. The van der Waals surface area contributed by atoms with Crippen LogP contribution in [0, 0.1) is 0 Å². The molecule has 0 atom stereocenters. The molecule has 1 heterocycles. The summed E-state index contributed by atoms with van der Waals surface area (Å²) >= 11 is 0. The van der Waals surface area contributed by atoms with E-state index < -0.39 is 0 Å². The molecule has 0 spiro atoms. The highest BCUT2D eigenvalue weighted by Crippen LogP contribution is 2.27. The van der Waals surface area contributed by atoms with Crippen molar-refractivity contribution in [3.05, 3.63) is 71.5 Å². The molecule has 0 bridgehead atoms. The SMILES string of the molecule is CCN(Cc1ccccc1)Cc1oc2ccccc2c1CNC(C)C. The summed E-state index contributed by atoms with van der Waals surface area (Å²) in [6, 6.07) is 19.4. The fourth-order valence-corrected chi connectivity index (χ4v) is 3.10. The van der Waals surface area contributed by atoms with Gasteiger partial charge in [0.05, 0.1) is 6.54 Å². The molecular weight excluding hydrogens is 308 g/mol. The summed E-state index contributed by atoms with van der Waals surface area (Å²) in [6.45, 7) is 10.2. The molecule has 25 heavy (non-hydrogen) atoms. The first kappa shape index (κ1) is 17.7. The van der Waals surface area contributed by atoms with Gasteiger partial charge in [-0.3, -0.25) is 4.90 Å². The molecule has 3 rings (SSSR count). The van der Waals surface area contributed by atoms with E-state index in [0.29, 0.717) is 6.04 Å². The molecule has 0 aliphatic rings. The lowest BCUT2D eigenvalue weighted by Gasteiger charge is -2.20. The van der Waals surface area contributed by atoms with Crippen LogP contribution in [0.1, 0.15) is 37.7 Å². The molecule has 0 amide bonds. The van der Waals surface area contributed by atoms with Crippen LogP contribution in [0.2, 0.25) is 0 Å². The summed E-state index contributed by atoms with van der Waals surface area (Å²) in [5.41, 5.74) is 3.60. The summed E-state index contributed by atoms with van der Waals surface area (Å²) in [6.07, 6.45) is 0. The average Bonchev–Trinajstić information content (AvgIpc) is 2.97. The minimum atomic E-state index is 0.452. The maximum absolute atomic E-state index is 6.22. The second-order valence-corrected chi connectivity index (χ2v) is 6.82. The van der Waals surface area contributed by atoms with Gasteiger partial charge in [0.2, 0.25) is 0 Å². The number of nitrogens with zero attached hydrogens (tertiary/aromatic N) is 1. The van der Waals surface area contributed by atoms with Crippen LogP contribution < -0.4 is 5.32 Å². The van der Waals surface area contributed by atoms with Gasteiger partial charge < -0.3 is 9.73 Å². The number of rotatable bonds is 8. The van der Waals surface area contributed by atoms with E-state index in [1.54, 1.807) is 0 Å². The third-order valence-electron chi connectivity index (χ3n) is 4.53. The molecule has 0 aliphatic carbocycles. The van der Waals surface area contributed by atoms with Gasteiger partial charge in [-0.2, -0.15) is 0 Å². The Morgan fingerprint density at radius 1 is 0.960 bits per heavy atom. The number of benzene rings is 2. The maximum Gasteiger partial charge on any atom is 0.134 e. The van der Waals surface area contributed by atoms with E-state index in [-0.39, 0.29) is 0 Å². The van der Waals surface area contributed by atoms with E-state index in [1.807, 2.05) is 6.07 Å². The van der Waals surface area contributed by atoms with Gasteiger partial charge in [-0.25, -0.2) is 0 Å². The van der Waals surface area contributed by atoms with Crippen molar-refractivity contribution in [1.29, 1.82) is 0 Å². The van der Waals surface area contributed by atoms with E-state index in [4.69, 9.17) is 4.42 Å². The van der Waals surface area contributed by atoms with Gasteiger partial charge in [0.1, 0.15) is 11.3 Å². The number of hydrogen-bond donors (Lipinski definition) is 1. The summed E-state index contributed by atoms with van der Waals surface area (Å²) in [5.74, 6) is 1.08. The molecule has 3 aromatic rings. The maximum atomic E-state index is 6.22. The lowest BCUT2D eigenvalue weighted by atomic mass is 10.1. The minimum Gasteiger partial charge on any atom is -0.459 e. The highest BCUT2D eigenvalue weighted by Gasteiger charge is 2.16. The van der Waals surface area contributed by atoms with E-state index in [1.165, 1.54) is 16.5 Å². The molecule has 3 nitrogen and oxygen atoms in total. The van der Waals surface area contributed by atoms with Gasteiger partial charge >= 0.3 is 0 Å². The fourth-order valence-electron chi connectivity index (χ4n) is 3.10. The van der Waals surface area contributed by atoms with E-state index in [9.17, 15) is 0 Å². The first-order valence-corrected chi connectivity index (χ1v) is 9.16. The number of furan rings is 1. The quantitative estimate of drug-likeness (QED) is 0.631. The van der Waals surface area contributed by atoms with Crippen molar-refractivity contribution in [2.24, 2.45) is 0 Å². The van der Waals surface area contributed by atoms with Crippen LogP contribution in [0.5, 0.6) is 0 Å². The molecule has 0 fully saturated rings. The smallest absolute Gasteiger partial charge is 0.134 e. The molecule has 0 saturated heterocycles. The van der Waals surface area contributed by atoms with Crippen molar-refractivity contribution < 1.29 is 4.42 Å². The molecule has 0 aliphatic heterocycles. The molecule has 2 aromatic carbocycles.